The van der Waals surface area contributed by atoms with Crippen molar-refractivity contribution in [2.75, 3.05) is 26.9 Å². The summed E-state index contributed by atoms with van der Waals surface area (Å²) in [7, 11) is 1.65. The van der Waals surface area contributed by atoms with E-state index in [1.807, 2.05) is 0 Å². The molecule has 6 N–H and O–H groups in total. The van der Waals surface area contributed by atoms with Crippen LogP contribution in [-0.2, 0) is 23.8 Å². The Morgan fingerprint density at radius 1 is 0.952 bits per heavy atom. The third kappa shape index (κ3) is 11.0. The molecule has 11 unspecified atom stereocenters. The topological polar surface area (TPSA) is 161 Å². The summed E-state index contributed by atoms with van der Waals surface area (Å²) in [5.74, 6) is 0.731. The highest BCUT2D eigenvalue weighted by Gasteiger charge is 2.42. The third-order valence-electron chi connectivity index (χ3n) is 10.3. The summed E-state index contributed by atoms with van der Waals surface area (Å²) in [5, 5.41) is 33.8. The van der Waals surface area contributed by atoms with Crippen molar-refractivity contribution >= 4 is 11.9 Å². The monoisotopic (exact) mass is 598 g/mol. The maximum atomic E-state index is 12.3. The van der Waals surface area contributed by atoms with Crippen LogP contribution in [0, 0.1) is 35.5 Å². The predicted octanol–water partition coefficient (Wildman–Crippen LogP) is 2.89. The largest absolute Gasteiger partial charge is 0.462 e. The Morgan fingerprint density at radius 3 is 2.31 bits per heavy atom. The number of nitrogens with one attached hydrogen (secondary N) is 1. The highest BCUT2D eigenvalue weighted by Crippen LogP contribution is 2.43. The molecule has 42 heavy (non-hydrogen) atoms. The molecule has 1 aliphatic heterocycles. The van der Waals surface area contributed by atoms with Gasteiger partial charge in [0.2, 0.25) is 0 Å². The van der Waals surface area contributed by atoms with Crippen LogP contribution in [0.15, 0.2) is 0 Å². The Labute approximate surface area is 252 Å². The molecule has 2 saturated carbocycles. The van der Waals surface area contributed by atoms with Gasteiger partial charge in [0.1, 0.15) is 12.2 Å². The molecular formula is C32H58N2O8. The zero-order valence-corrected chi connectivity index (χ0v) is 26.1. The van der Waals surface area contributed by atoms with Gasteiger partial charge >= 0.3 is 11.9 Å². The standard InChI is InChI=1S/C32H58N2O8/c1-20(37)41-27(8-7-24-15-31(40-3)29(39)18-28(24)25-9-11-34-32(33)16-25)17-30(42-21(2)38)26-13-22(10-12-35)5-4-6-23(14-26)19-36/h22-32,34-36,39H,4-19,33H2,1-3H3. The van der Waals surface area contributed by atoms with Crippen LogP contribution in [0.2, 0.25) is 0 Å². The van der Waals surface area contributed by atoms with Gasteiger partial charge in [0.05, 0.1) is 18.4 Å². The van der Waals surface area contributed by atoms with Crippen LogP contribution in [0.3, 0.4) is 0 Å². The fourth-order valence-electron chi connectivity index (χ4n) is 8.25. The van der Waals surface area contributed by atoms with E-state index < -0.39 is 18.3 Å². The summed E-state index contributed by atoms with van der Waals surface area (Å²) in [6.07, 6.45) is 8.62. The van der Waals surface area contributed by atoms with Gasteiger partial charge in [-0.05, 0) is 106 Å². The second-order valence-electron chi connectivity index (χ2n) is 13.4. The number of carbonyl (C=O) groups excluding carboxylic acids is 2. The molecule has 0 aromatic rings. The lowest BCUT2D eigenvalue weighted by molar-refractivity contribution is -0.157. The zero-order chi connectivity index (χ0) is 30.6. The summed E-state index contributed by atoms with van der Waals surface area (Å²) < 4.78 is 17.5. The Balaban J connectivity index is 1.77. The number of rotatable bonds is 13. The molecule has 3 fully saturated rings. The average molecular weight is 599 g/mol. The molecule has 0 bridgehead atoms. The van der Waals surface area contributed by atoms with E-state index in [-0.39, 0.29) is 55.2 Å². The number of carbonyl (C=O) groups is 2. The van der Waals surface area contributed by atoms with Gasteiger partial charge in [-0.2, -0.15) is 0 Å². The highest BCUT2D eigenvalue weighted by atomic mass is 16.6. The van der Waals surface area contributed by atoms with E-state index in [0.717, 1.165) is 64.3 Å². The molecule has 3 aliphatic rings. The van der Waals surface area contributed by atoms with E-state index in [4.69, 9.17) is 19.9 Å². The van der Waals surface area contributed by atoms with E-state index in [0.29, 0.717) is 43.4 Å². The summed E-state index contributed by atoms with van der Waals surface area (Å²) in [4.78, 5) is 24.5. The lowest BCUT2D eigenvalue weighted by atomic mass is 9.66. The Kier molecular flexibility index (Phi) is 15.0. The smallest absolute Gasteiger partial charge is 0.302 e. The van der Waals surface area contributed by atoms with Crippen LogP contribution >= 0.6 is 0 Å². The molecule has 0 spiro atoms. The number of piperidine rings is 1. The summed E-state index contributed by atoms with van der Waals surface area (Å²) >= 11 is 0. The van der Waals surface area contributed by atoms with Crippen LogP contribution in [0.5, 0.6) is 0 Å². The van der Waals surface area contributed by atoms with E-state index in [9.17, 15) is 24.9 Å². The number of hydrogen-bond acceptors (Lipinski definition) is 10. The second-order valence-corrected chi connectivity index (χ2v) is 13.4. The van der Waals surface area contributed by atoms with Gasteiger partial charge in [0.15, 0.2) is 0 Å². The van der Waals surface area contributed by atoms with Crippen molar-refractivity contribution in [3.05, 3.63) is 0 Å². The van der Waals surface area contributed by atoms with Gasteiger partial charge < -0.3 is 40.6 Å². The van der Waals surface area contributed by atoms with Gasteiger partial charge in [0.25, 0.3) is 0 Å². The fraction of sp³-hybridized carbons (Fsp3) is 0.938. The Hall–Kier alpha value is -1.30. The summed E-state index contributed by atoms with van der Waals surface area (Å²) in [6.45, 7) is 3.92. The molecule has 3 rings (SSSR count). The molecule has 0 radical (unpaired) electrons. The van der Waals surface area contributed by atoms with E-state index >= 15 is 0 Å². The highest BCUT2D eigenvalue weighted by molar-refractivity contribution is 5.66. The van der Waals surface area contributed by atoms with Crippen molar-refractivity contribution in [3.8, 4) is 0 Å². The molecular weight excluding hydrogens is 540 g/mol. The molecule has 11 atom stereocenters. The maximum Gasteiger partial charge on any atom is 0.302 e. The normalized spacial score (nSPS) is 35.8. The maximum absolute atomic E-state index is 12.3. The number of hydrogen-bond donors (Lipinski definition) is 5. The first-order valence-corrected chi connectivity index (χ1v) is 16.4. The van der Waals surface area contributed by atoms with Crippen molar-refractivity contribution in [2.24, 2.45) is 41.2 Å². The van der Waals surface area contributed by atoms with E-state index in [1.54, 1.807) is 7.11 Å². The summed E-state index contributed by atoms with van der Waals surface area (Å²) in [6, 6.07) is 0. The van der Waals surface area contributed by atoms with Crippen LogP contribution in [0.25, 0.3) is 0 Å². The minimum Gasteiger partial charge on any atom is -0.462 e. The number of nitrogens with two attached hydrogens (primary N) is 1. The quantitative estimate of drug-likeness (QED) is 0.199. The average Bonchev–Trinajstić information content (AvgIpc) is 2.92. The number of aliphatic hydroxyl groups is 3. The predicted molar refractivity (Wildman–Crippen MR) is 159 cm³/mol. The molecule has 0 aromatic heterocycles. The number of ether oxygens (including phenoxy) is 3. The molecule has 0 aromatic carbocycles. The Morgan fingerprint density at radius 2 is 1.67 bits per heavy atom. The first-order chi connectivity index (χ1) is 20.1. The van der Waals surface area contributed by atoms with Gasteiger partial charge in [-0.3, -0.25) is 9.59 Å². The van der Waals surface area contributed by atoms with E-state index in [2.05, 4.69) is 5.32 Å². The van der Waals surface area contributed by atoms with Crippen molar-refractivity contribution in [2.45, 2.75) is 128 Å². The molecule has 244 valence electrons. The lowest BCUT2D eigenvalue weighted by Gasteiger charge is -2.45. The van der Waals surface area contributed by atoms with Crippen molar-refractivity contribution in [1.82, 2.24) is 5.32 Å². The van der Waals surface area contributed by atoms with Crippen LogP contribution < -0.4 is 11.1 Å². The van der Waals surface area contributed by atoms with Gasteiger partial charge in [-0.1, -0.05) is 12.8 Å². The third-order valence-corrected chi connectivity index (χ3v) is 10.3. The molecule has 1 saturated heterocycles. The fourth-order valence-corrected chi connectivity index (χ4v) is 8.25. The van der Waals surface area contributed by atoms with Crippen molar-refractivity contribution < 1.29 is 39.1 Å². The van der Waals surface area contributed by atoms with Crippen molar-refractivity contribution in [1.29, 1.82) is 0 Å². The first-order valence-electron chi connectivity index (χ1n) is 16.4. The molecule has 1 heterocycles. The minimum absolute atomic E-state index is 0.00707. The van der Waals surface area contributed by atoms with Crippen LogP contribution in [-0.4, -0.2) is 84.7 Å². The van der Waals surface area contributed by atoms with Crippen molar-refractivity contribution in [3.63, 3.8) is 0 Å². The molecule has 2 aliphatic carbocycles. The van der Waals surface area contributed by atoms with Gasteiger partial charge in [-0.25, -0.2) is 0 Å². The minimum atomic E-state index is -0.509. The second kappa shape index (κ2) is 17.9. The van der Waals surface area contributed by atoms with Crippen LogP contribution in [0.1, 0.15) is 97.3 Å². The summed E-state index contributed by atoms with van der Waals surface area (Å²) in [5.41, 5.74) is 6.25. The van der Waals surface area contributed by atoms with Crippen LogP contribution in [0.4, 0.5) is 0 Å². The molecule has 0 amide bonds. The van der Waals surface area contributed by atoms with Gasteiger partial charge in [-0.15, -0.1) is 0 Å². The van der Waals surface area contributed by atoms with E-state index in [1.165, 1.54) is 13.8 Å². The van der Waals surface area contributed by atoms with Gasteiger partial charge in [0, 0.05) is 40.6 Å². The SMILES string of the molecule is COC1CC(CCC(CC(OC(C)=O)C2CC(CO)CCCC(CCO)C2)OC(C)=O)C(C2CCNC(N)C2)CC1O. The number of esters is 2. The molecule has 10 nitrogen and oxygen atoms in total. The Bertz CT molecular complexity index is 815. The first kappa shape index (κ1) is 35.2. The lowest BCUT2D eigenvalue weighted by Crippen LogP contribution is -2.49. The number of aliphatic hydroxyl groups excluding tert-OH is 3. The number of methoxy groups -OCH3 is 1. The zero-order valence-electron chi connectivity index (χ0n) is 26.1. The molecule has 10 heteroatoms.